The summed E-state index contributed by atoms with van der Waals surface area (Å²) >= 11 is 0. The fourth-order valence-electron chi connectivity index (χ4n) is 2.97. The molecule has 0 aliphatic heterocycles. The predicted octanol–water partition coefficient (Wildman–Crippen LogP) is 3.74. The van der Waals surface area contributed by atoms with Gasteiger partial charge in [-0.25, -0.2) is 4.79 Å². The molecule has 3 rings (SSSR count). The van der Waals surface area contributed by atoms with Crippen LogP contribution in [-0.2, 0) is 16.0 Å². The van der Waals surface area contributed by atoms with Gasteiger partial charge in [0.05, 0.1) is 18.7 Å². The normalized spacial score (nSPS) is 11.2. The fraction of sp³-hybridized carbons (Fsp3) is 0.125. The number of amides is 1. The molecule has 3 aromatic rings. The van der Waals surface area contributed by atoms with Gasteiger partial charge in [0.15, 0.2) is 0 Å². The molecule has 0 heterocycles. The zero-order valence-corrected chi connectivity index (χ0v) is 16.0. The molecule has 0 saturated heterocycles. The van der Waals surface area contributed by atoms with Crippen molar-refractivity contribution in [3.63, 3.8) is 0 Å². The number of nitrogens with zero attached hydrogens (tertiary/aromatic N) is 1. The van der Waals surface area contributed by atoms with Gasteiger partial charge in [-0.15, -0.1) is 0 Å². The molecule has 0 aromatic heterocycles. The van der Waals surface area contributed by atoms with Crippen molar-refractivity contribution >= 4 is 11.9 Å². The maximum Gasteiger partial charge on any atom is 0.328 e. The minimum Gasteiger partial charge on any atom is -0.467 e. The first-order chi connectivity index (χ1) is 14.1. The van der Waals surface area contributed by atoms with E-state index in [0.29, 0.717) is 17.5 Å². The van der Waals surface area contributed by atoms with Gasteiger partial charge in [0.1, 0.15) is 6.04 Å². The second-order valence-corrected chi connectivity index (χ2v) is 6.51. The van der Waals surface area contributed by atoms with Crippen LogP contribution in [0.5, 0.6) is 0 Å². The van der Waals surface area contributed by atoms with Gasteiger partial charge in [0.25, 0.3) is 5.91 Å². The maximum atomic E-state index is 12.5. The zero-order chi connectivity index (χ0) is 20.6. The number of rotatable bonds is 6. The summed E-state index contributed by atoms with van der Waals surface area (Å²) in [6.45, 7) is 0. The lowest BCUT2D eigenvalue weighted by molar-refractivity contribution is -0.142. The molecule has 5 nitrogen and oxygen atoms in total. The first-order valence-electron chi connectivity index (χ1n) is 9.14. The number of carbonyl (C=O) groups excluding carboxylic acids is 2. The van der Waals surface area contributed by atoms with Crippen LogP contribution in [0.25, 0.3) is 11.1 Å². The van der Waals surface area contributed by atoms with Crippen molar-refractivity contribution in [1.82, 2.24) is 5.32 Å². The Morgan fingerprint density at radius 1 is 0.931 bits per heavy atom. The first kappa shape index (κ1) is 19.8. The van der Waals surface area contributed by atoms with E-state index < -0.39 is 17.9 Å². The lowest BCUT2D eigenvalue weighted by Crippen LogP contribution is -2.43. The summed E-state index contributed by atoms with van der Waals surface area (Å²) in [6, 6.07) is 25.3. The molecule has 3 aromatic carbocycles. The third kappa shape index (κ3) is 5.08. The summed E-state index contributed by atoms with van der Waals surface area (Å²) < 4.78 is 4.85. The molecule has 5 heteroatoms. The number of nitriles is 1. The van der Waals surface area contributed by atoms with Crippen molar-refractivity contribution in [3.05, 3.63) is 95.6 Å². The molecule has 1 atom stereocenters. The zero-order valence-electron chi connectivity index (χ0n) is 16.0. The number of carbonyl (C=O) groups is 2. The van der Waals surface area contributed by atoms with Crippen molar-refractivity contribution in [1.29, 1.82) is 5.26 Å². The lowest BCUT2D eigenvalue weighted by Gasteiger charge is -2.17. The molecule has 0 aliphatic rings. The second kappa shape index (κ2) is 9.34. The highest BCUT2D eigenvalue weighted by molar-refractivity contribution is 5.96. The number of hydrogen-bond donors (Lipinski definition) is 1. The Kier molecular flexibility index (Phi) is 6.39. The smallest absolute Gasteiger partial charge is 0.328 e. The number of benzene rings is 3. The monoisotopic (exact) mass is 384 g/mol. The first-order valence-corrected chi connectivity index (χ1v) is 9.14. The lowest BCUT2D eigenvalue weighted by atomic mass is 10.0. The Morgan fingerprint density at radius 3 is 2.14 bits per heavy atom. The van der Waals surface area contributed by atoms with Gasteiger partial charge in [-0.05, 0) is 41.0 Å². The van der Waals surface area contributed by atoms with Gasteiger partial charge in [-0.3, -0.25) is 4.79 Å². The minimum atomic E-state index is -0.814. The van der Waals surface area contributed by atoms with Gasteiger partial charge >= 0.3 is 5.97 Å². The van der Waals surface area contributed by atoms with Crippen LogP contribution in [0.2, 0.25) is 0 Å². The highest BCUT2D eigenvalue weighted by atomic mass is 16.5. The van der Waals surface area contributed by atoms with E-state index in [4.69, 9.17) is 10.00 Å². The molecule has 0 fully saturated rings. The number of nitrogens with one attached hydrogen (secondary N) is 1. The number of ether oxygens (including phenoxy) is 1. The van der Waals surface area contributed by atoms with Crippen LogP contribution < -0.4 is 5.32 Å². The van der Waals surface area contributed by atoms with Crippen molar-refractivity contribution < 1.29 is 14.3 Å². The Morgan fingerprint density at radius 2 is 1.55 bits per heavy atom. The van der Waals surface area contributed by atoms with Crippen LogP contribution in [0.1, 0.15) is 21.5 Å². The summed E-state index contributed by atoms with van der Waals surface area (Å²) in [4.78, 5) is 24.7. The summed E-state index contributed by atoms with van der Waals surface area (Å²) in [5.74, 6) is -0.912. The Bertz CT molecular complexity index is 1020. The third-order valence-corrected chi connectivity index (χ3v) is 4.57. The highest BCUT2D eigenvalue weighted by Gasteiger charge is 2.22. The Hall–Kier alpha value is -3.91. The molecular formula is C24H20N2O3. The molecule has 29 heavy (non-hydrogen) atoms. The Balaban J connectivity index is 1.72. The number of methoxy groups -OCH3 is 1. The van der Waals surface area contributed by atoms with Crippen LogP contribution >= 0.6 is 0 Å². The molecule has 1 N–H and O–H groups in total. The van der Waals surface area contributed by atoms with E-state index in [9.17, 15) is 9.59 Å². The summed E-state index contributed by atoms with van der Waals surface area (Å²) in [5, 5.41) is 11.6. The standard InChI is InChI=1S/C24H20N2O3/c1-29-24(28)22(26-23(27)21-13-9-18(16-25)10-14-21)15-17-7-11-20(12-8-17)19-5-3-2-4-6-19/h2-14,22H,15H2,1H3,(H,26,27)/t22-/m1/s1. The SMILES string of the molecule is COC(=O)[C@@H](Cc1ccc(-c2ccccc2)cc1)NC(=O)c1ccc(C#N)cc1. The quantitative estimate of drug-likeness (QED) is 0.657. The molecule has 0 spiro atoms. The van der Waals surface area contributed by atoms with E-state index >= 15 is 0 Å². The van der Waals surface area contributed by atoms with Crippen LogP contribution in [-0.4, -0.2) is 25.0 Å². The maximum absolute atomic E-state index is 12.5. The third-order valence-electron chi connectivity index (χ3n) is 4.57. The molecular weight excluding hydrogens is 364 g/mol. The molecule has 1 amide bonds. The molecule has 144 valence electrons. The fourth-order valence-corrected chi connectivity index (χ4v) is 2.97. The van der Waals surface area contributed by atoms with E-state index in [1.54, 1.807) is 24.3 Å². The van der Waals surface area contributed by atoms with E-state index in [1.807, 2.05) is 60.7 Å². The van der Waals surface area contributed by atoms with Gasteiger partial charge in [-0.1, -0.05) is 54.6 Å². The van der Waals surface area contributed by atoms with Crippen LogP contribution in [0, 0.1) is 11.3 Å². The highest BCUT2D eigenvalue weighted by Crippen LogP contribution is 2.20. The van der Waals surface area contributed by atoms with Crippen molar-refractivity contribution in [2.45, 2.75) is 12.5 Å². The summed E-state index contributed by atoms with van der Waals surface area (Å²) in [6.07, 6.45) is 0.309. The largest absolute Gasteiger partial charge is 0.467 e. The van der Waals surface area contributed by atoms with Gasteiger partial charge in [-0.2, -0.15) is 5.26 Å². The van der Waals surface area contributed by atoms with Crippen LogP contribution in [0.15, 0.2) is 78.9 Å². The average molecular weight is 384 g/mol. The van der Waals surface area contributed by atoms with Gasteiger partial charge < -0.3 is 10.1 Å². The van der Waals surface area contributed by atoms with Gasteiger partial charge in [0.2, 0.25) is 0 Å². The van der Waals surface area contributed by atoms with E-state index in [1.165, 1.54) is 7.11 Å². The molecule has 0 bridgehead atoms. The second-order valence-electron chi connectivity index (χ2n) is 6.51. The molecule has 0 saturated carbocycles. The Labute approximate surface area is 169 Å². The van der Waals surface area contributed by atoms with E-state index in [0.717, 1.165) is 16.7 Å². The minimum absolute atomic E-state index is 0.309. The predicted molar refractivity (Wildman–Crippen MR) is 110 cm³/mol. The molecule has 0 aliphatic carbocycles. The van der Waals surface area contributed by atoms with Crippen LogP contribution in [0.4, 0.5) is 0 Å². The van der Waals surface area contributed by atoms with Crippen molar-refractivity contribution in [3.8, 4) is 17.2 Å². The molecule has 0 unspecified atom stereocenters. The summed E-state index contributed by atoms with van der Waals surface area (Å²) in [7, 11) is 1.29. The number of hydrogen-bond acceptors (Lipinski definition) is 4. The van der Waals surface area contributed by atoms with E-state index in [-0.39, 0.29) is 0 Å². The van der Waals surface area contributed by atoms with Crippen LogP contribution in [0.3, 0.4) is 0 Å². The van der Waals surface area contributed by atoms with Crippen molar-refractivity contribution in [2.75, 3.05) is 7.11 Å². The average Bonchev–Trinajstić information content (AvgIpc) is 2.79. The summed E-state index contributed by atoms with van der Waals surface area (Å²) in [5.41, 5.74) is 3.92. The topological polar surface area (TPSA) is 79.2 Å². The number of esters is 1. The van der Waals surface area contributed by atoms with Gasteiger partial charge in [0, 0.05) is 12.0 Å². The molecule has 0 radical (unpaired) electrons. The van der Waals surface area contributed by atoms with E-state index in [2.05, 4.69) is 5.32 Å². The van der Waals surface area contributed by atoms with Crippen molar-refractivity contribution in [2.24, 2.45) is 0 Å².